The molecule has 2 N–H and O–H groups in total. The molecule has 0 radical (unpaired) electrons. The molecular weight excluding hydrogens is 230 g/mol. The van der Waals surface area contributed by atoms with Crippen molar-refractivity contribution in [2.75, 3.05) is 6.54 Å². The summed E-state index contributed by atoms with van der Waals surface area (Å²) in [5, 5.41) is 10.6. The molecule has 0 saturated heterocycles. The number of rotatable bonds is 5. The van der Waals surface area contributed by atoms with E-state index in [4.69, 9.17) is 5.73 Å². The van der Waals surface area contributed by atoms with E-state index in [9.17, 15) is 0 Å². The lowest BCUT2D eigenvalue weighted by molar-refractivity contribution is 0.809. The zero-order chi connectivity index (χ0) is 12.1. The quantitative estimate of drug-likeness (QED) is 0.882. The molecule has 0 aliphatic carbocycles. The lowest BCUT2D eigenvalue weighted by Gasteiger charge is -1.97. The predicted molar refractivity (Wildman–Crippen MR) is 71.3 cm³/mol. The van der Waals surface area contributed by atoms with Crippen molar-refractivity contribution in [2.24, 2.45) is 5.73 Å². The summed E-state index contributed by atoms with van der Waals surface area (Å²) in [4.78, 5) is 0. The van der Waals surface area contributed by atoms with Crippen LogP contribution in [0.15, 0.2) is 24.3 Å². The predicted octanol–water partition coefficient (Wildman–Crippen LogP) is 2.33. The van der Waals surface area contributed by atoms with Crippen LogP contribution in [0.25, 0.3) is 0 Å². The molecule has 3 nitrogen and oxygen atoms in total. The van der Waals surface area contributed by atoms with Gasteiger partial charge in [0.05, 0.1) is 0 Å². The van der Waals surface area contributed by atoms with Crippen molar-refractivity contribution in [1.82, 2.24) is 10.2 Å². The fourth-order valence-corrected chi connectivity index (χ4v) is 2.52. The van der Waals surface area contributed by atoms with Crippen LogP contribution in [-0.4, -0.2) is 16.7 Å². The second-order valence-electron chi connectivity index (χ2n) is 4.14. The Morgan fingerprint density at radius 2 is 1.82 bits per heavy atom. The van der Waals surface area contributed by atoms with Crippen molar-refractivity contribution in [1.29, 1.82) is 0 Å². The smallest absolute Gasteiger partial charge is 0.121 e. The Morgan fingerprint density at radius 3 is 2.53 bits per heavy atom. The van der Waals surface area contributed by atoms with Gasteiger partial charge in [-0.25, -0.2) is 0 Å². The molecule has 0 unspecified atom stereocenters. The highest BCUT2D eigenvalue weighted by Crippen LogP contribution is 2.16. The molecule has 0 aliphatic heterocycles. The highest BCUT2D eigenvalue weighted by atomic mass is 32.1. The average molecular weight is 247 g/mol. The zero-order valence-corrected chi connectivity index (χ0v) is 10.8. The fraction of sp³-hybridized carbons (Fsp3) is 0.385. The first-order chi connectivity index (χ1) is 8.28. The molecule has 2 rings (SSSR count). The van der Waals surface area contributed by atoms with E-state index in [1.54, 1.807) is 11.3 Å². The fourth-order valence-electron chi connectivity index (χ4n) is 1.59. The summed E-state index contributed by atoms with van der Waals surface area (Å²) in [6.07, 6.45) is 2.81. The topological polar surface area (TPSA) is 51.8 Å². The highest BCUT2D eigenvalue weighted by Gasteiger charge is 2.04. The molecule has 0 fully saturated rings. The minimum Gasteiger partial charge on any atom is -0.330 e. The molecule has 0 amide bonds. The Kier molecular flexibility index (Phi) is 4.23. The highest BCUT2D eigenvalue weighted by molar-refractivity contribution is 7.11. The maximum absolute atomic E-state index is 5.48. The summed E-state index contributed by atoms with van der Waals surface area (Å²) in [6, 6.07) is 8.56. The number of aryl methyl sites for hydroxylation is 2. The van der Waals surface area contributed by atoms with Crippen molar-refractivity contribution >= 4 is 11.3 Å². The number of nitrogens with zero attached hydrogens (tertiary/aromatic N) is 2. The van der Waals surface area contributed by atoms with Gasteiger partial charge in [-0.15, -0.1) is 21.5 Å². The molecule has 0 saturated carbocycles. The van der Waals surface area contributed by atoms with Crippen LogP contribution in [0.2, 0.25) is 0 Å². The summed E-state index contributed by atoms with van der Waals surface area (Å²) in [6.45, 7) is 2.81. The van der Waals surface area contributed by atoms with Gasteiger partial charge in [0.25, 0.3) is 0 Å². The van der Waals surface area contributed by atoms with Crippen LogP contribution in [0, 0.1) is 6.92 Å². The average Bonchev–Trinajstić information content (AvgIpc) is 2.77. The Morgan fingerprint density at radius 1 is 1.12 bits per heavy atom. The number of hydrogen-bond donors (Lipinski definition) is 1. The Labute approximate surface area is 106 Å². The van der Waals surface area contributed by atoms with Gasteiger partial charge in [-0.2, -0.15) is 0 Å². The molecule has 0 aliphatic rings. The van der Waals surface area contributed by atoms with Gasteiger partial charge in [0.15, 0.2) is 0 Å². The lowest BCUT2D eigenvalue weighted by atomic mass is 10.1. The minimum absolute atomic E-state index is 0.715. The molecule has 2 aromatic rings. The van der Waals surface area contributed by atoms with E-state index in [2.05, 4.69) is 41.4 Å². The Balaban J connectivity index is 1.98. The van der Waals surface area contributed by atoms with Crippen LogP contribution in [0.4, 0.5) is 0 Å². The molecule has 1 heterocycles. The third-order valence-electron chi connectivity index (χ3n) is 2.58. The van der Waals surface area contributed by atoms with Crippen molar-refractivity contribution < 1.29 is 0 Å². The molecule has 0 atom stereocenters. The summed E-state index contributed by atoms with van der Waals surface area (Å²) >= 11 is 1.69. The van der Waals surface area contributed by atoms with Gasteiger partial charge in [-0.3, -0.25) is 0 Å². The molecule has 0 bridgehead atoms. The van der Waals surface area contributed by atoms with E-state index in [1.165, 1.54) is 11.1 Å². The lowest BCUT2D eigenvalue weighted by Crippen LogP contribution is -1.99. The number of nitrogens with two attached hydrogens (primary N) is 1. The molecule has 4 heteroatoms. The van der Waals surface area contributed by atoms with Gasteiger partial charge in [0.2, 0.25) is 0 Å². The second kappa shape index (κ2) is 5.89. The number of benzene rings is 1. The second-order valence-corrected chi connectivity index (χ2v) is 5.29. The van der Waals surface area contributed by atoms with Crippen LogP contribution in [0.1, 0.15) is 27.6 Å². The normalized spacial score (nSPS) is 10.7. The summed E-state index contributed by atoms with van der Waals surface area (Å²) in [5.41, 5.74) is 8.05. The van der Waals surface area contributed by atoms with E-state index in [1.807, 2.05) is 0 Å². The minimum atomic E-state index is 0.715. The van der Waals surface area contributed by atoms with E-state index in [-0.39, 0.29) is 0 Å². The molecule has 0 spiro atoms. The van der Waals surface area contributed by atoms with Gasteiger partial charge in [0.1, 0.15) is 10.0 Å². The van der Waals surface area contributed by atoms with Crippen molar-refractivity contribution in [3.8, 4) is 0 Å². The van der Waals surface area contributed by atoms with Crippen LogP contribution >= 0.6 is 11.3 Å². The van der Waals surface area contributed by atoms with E-state index >= 15 is 0 Å². The van der Waals surface area contributed by atoms with Crippen molar-refractivity contribution in [3.05, 3.63) is 45.4 Å². The van der Waals surface area contributed by atoms with Gasteiger partial charge >= 0.3 is 0 Å². The monoisotopic (exact) mass is 247 g/mol. The molecule has 1 aromatic heterocycles. The number of hydrogen-bond acceptors (Lipinski definition) is 4. The van der Waals surface area contributed by atoms with Gasteiger partial charge < -0.3 is 5.73 Å². The Bertz CT molecular complexity index is 462. The number of aromatic nitrogens is 2. The summed E-state index contributed by atoms with van der Waals surface area (Å²) < 4.78 is 0. The zero-order valence-electron chi connectivity index (χ0n) is 10.0. The van der Waals surface area contributed by atoms with Crippen molar-refractivity contribution in [2.45, 2.75) is 26.2 Å². The first kappa shape index (κ1) is 12.2. The maximum Gasteiger partial charge on any atom is 0.121 e. The SMILES string of the molecule is Cc1ccc(Cc2nnc(CCCN)s2)cc1. The Hall–Kier alpha value is -1.26. The van der Waals surface area contributed by atoms with Crippen molar-refractivity contribution in [3.63, 3.8) is 0 Å². The third-order valence-corrected chi connectivity index (χ3v) is 3.56. The molecule has 1 aromatic carbocycles. The van der Waals surface area contributed by atoms with Crippen LogP contribution in [-0.2, 0) is 12.8 Å². The maximum atomic E-state index is 5.48. The van der Waals surface area contributed by atoms with E-state index in [0.29, 0.717) is 6.54 Å². The first-order valence-electron chi connectivity index (χ1n) is 5.85. The molecular formula is C13H17N3S. The van der Waals surface area contributed by atoms with Crippen LogP contribution < -0.4 is 5.73 Å². The van der Waals surface area contributed by atoms with Crippen LogP contribution in [0.3, 0.4) is 0 Å². The summed E-state index contributed by atoms with van der Waals surface area (Å²) in [7, 11) is 0. The standard InChI is InChI=1S/C13H17N3S/c1-10-4-6-11(7-5-10)9-13-16-15-12(17-13)3-2-8-14/h4-7H,2-3,8-9,14H2,1H3. The first-order valence-corrected chi connectivity index (χ1v) is 6.66. The summed E-state index contributed by atoms with van der Waals surface area (Å²) in [5.74, 6) is 0. The molecule has 17 heavy (non-hydrogen) atoms. The van der Waals surface area contributed by atoms with E-state index in [0.717, 1.165) is 29.3 Å². The van der Waals surface area contributed by atoms with Gasteiger partial charge in [-0.05, 0) is 25.5 Å². The van der Waals surface area contributed by atoms with Gasteiger partial charge in [-0.1, -0.05) is 29.8 Å². The molecule has 90 valence electrons. The van der Waals surface area contributed by atoms with Gasteiger partial charge in [0, 0.05) is 12.8 Å². The largest absolute Gasteiger partial charge is 0.330 e. The van der Waals surface area contributed by atoms with Crippen LogP contribution in [0.5, 0.6) is 0 Å². The third kappa shape index (κ3) is 3.61. The van der Waals surface area contributed by atoms with E-state index < -0.39 is 0 Å².